The highest BCUT2D eigenvalue weighted by molar-refractivity contribution is 5.92. The third kappa shape index (κ3) is 4.30. The van der Waals surface area contributed by atoms with Crippen LogP contribution in [0.15, 0.2) is 42.7 Å². The number of likely N-dealkylation sites (tertiary alicyclic amines) is 2. The summed E-state index contributed by atoms with van der Waals surface area (Å²) in [4.78, 5) is 37.1. The Balaban J connectivity index is 1.34. The molecule has 7 heteroatoms. The first-order valence-electron chi connectivity index (χ1n) is 9.88. The van der Waals surface area contributed by atoms with E-state index in [0.717, 1.165) is 32.4 Å². The second-order valence-corrected chi connectivity index (χ2v) is 7.41. The molecular formula is C21H25N5O2. The van der Waals surface area contributed by atoms with Crippen LogP contribution in [0, 0.1) is 0 Å². The minimum Gasteiger partial charge on any atom is -0.364 e. The highest BCUT2D eigenvalue weighted by atomic mass is 16.2. The Kier molecular flexibility index (Phi) is 5.50. The van der Waals surface area contributed by atoms with Crippen LogP contribution in [-0.4, -0.2) is 63.8 Å². The number of anilines is 1. The van der Waals surface area contributed by atoms with Crippen molar-refractivity contribution in [2.45, 2.75) is 31.7 Å². The van der Waals surface area contributed by atoms with Gasteiger partial charge in [-0.25, -0.2) is 4.98 Å². The van der Waals surface area contributed by atoms with Crippen LogP contribution >= 0.6 is 0 Å². The lowest BCUT2D eigenvalue weighted by Gasteiger charge is -2.18. The van der Waals surface area contributed by atoms with Crippen LogP contribution in [0.4, 0.5) is 5.82 Å². The average Bonchev–Trinajstić information content (AvgIpc) is 3.37. The molecule has 3 heterocycles. The minimum atomic E-state index is -0.0689. The van der Waals surface area contributed by atoms with Gasteiger partial charge in [-0.05, 0) is 24.8 Å². The summed E-state index contributed by atoms with van der Waals surface area (Å²) in [6.07, 6.45) is 6.48. The van der Waals surface area contributed by atoms with Crippen molar-refractivity contribution in [3.8, 4) is 0 Å². The van der Waals surface area contributed by atoms with E-state index in [9.17, 15) is 9.59 Å². The Bertz CT molecular complexity index is 836. The summed E-state index contributed by atoms with van der Waals surface area (Å²) >= 11 is 0. The molecule has 0 aliphatic carbocycles. The maximum Gasteiger partial charge on any atom is 0.274 e. The van der Waals surface area contributed by atoms with Crippen molar-refractivity contribution in [1.29, 1.82) is 0 Å². The molecule has 1 aromatic carbocycles. The van der Waals surface area contributed by atoms with Crippen molar-refractivity contribution in [2.75, 3.05) is 31.5 Å². The van der Waals surface area contributed by atoms with Gasteiger partial charge in [-0.1, -0.05) is 30.3 Å². The maximum atomic E-state index is 12.5. The predicted molar refractivity (Wildman–Crippen MR) is 106 cm³/mol. The molecule has 1 N–H and O–H groups in total. The molecule has 2 fully saturated rings. The third-order valence-electron chi connectivity index (χ3n) is 5.33. The monoisotopic (exact) mass is 379 g/mol. The fourth-order valence-corrected chi connectivity index (χ4v) is 3.82. The molecule has 0 saturated carbocycles. The lowest BCUT2D eigenvalue weighted by Crippen LogP contribution is -2.30. The minimum absolute atomic E-state index is 0.0188. The Hall–Kier alpha value is -2.96. The quantitative estimate of drug-likeness (QED) is 0.830. The number of nitrogens with zero attached hydrogens (tertiary/aromatic N) is 4. The van der Waals surface area contributed by atoms with Crippen molar-refractivity contribution in [3.63, 3.8) is 0 Å². The molecule has 2 saturated heterocycles. The van der Waals surface area contributed by atoms with Crippen LogP contribution in [0.25, 0.3) is 0 Å². The highest BCUT2D eigenvalue weighted by Gasteiger charge is 2.29. The van der Waals surface area contributed by atoms with Crippen LogP contribution in [-0.2, 0) is 11.2 Å². The van der Waals surface area contributed by atoms with Gasteiger partial charge in [-0.3, -0.25) is 14.6 Å². The predicted octanol–water partition coefficient (Wildman–Crippen LogP) is 1.97. The molecule has 0 bridgehead atoms. The largest absolute Gasteiger partial charge is 0.364 e. The van der Waals surface area contributed by atoms with Gasteiger partial charge in [0.25, 0.3) is 5.91 Å². The zero-order valence-corrected chi connectivity index (χ0v) is 15.9. The third-order valence-corrected chi connectivity index (χ3v) is 5.33. The zero-order chi connectivity index (χ0) is 19.3. The fourth-order valence-electron chi connectivity index (χ4n) is 3.82. The number of hydrogen-bond donors (Lipinski definition) is 1. The van der Waals surface area contributed by atoms with E-state index in [4.69, 9.17) is 0 Å². The van der Waals surface area contributed by atoms with Crippen molar-refractivity contribution in [3.05, 3.63) is 54.0 Å². The average molecular weight is 379 g/mol. The molecule has 28 heavy (non-hydrogen) atoms. The summed E-state index contributed by atoms with van der Waals surface area (Å²) in [5.74, 6) is 0.624. The first-order valence-corrected chi connectivity index (χ1v) is 9.88. The molecule has 0 radical (unpaired) electrons. The number of aromatic nitrogens is 2. The zero-order valence-electron chi connectivity index (χ0n) is 15.9. The maximum absolute atomic E-state index is 12.5. The van der Waals surface area contributed by atoms with E-state index < -0.39 is 0 Å². The summed E-state index contributed by atoms with van der Waals surface area (Å²) in [6, 6.07) is 10.2. The van der Waals surface area contributed by atoms with E-state index >= 15 is 0 Å². The molecule has 2 aromatic rings. The van der Waals surface area contributed by atoms with Crippen LogP contribution < -0.4 is 5.32 Å². The van der Waals surface area contributed by atoms with E-state index in [1.807, 2.05) is 28.0 Å². The molecule has 2 aliphatic heterocycles. The number of carbonyl (C=O) groups excluding carboxylic acids is 2. The number of rotatable bonds is 6. The lowest BCUT2D eigenvalue weighted by atomic mass is 10.1. The second kappa shape index (κ2) is 8.37. The van der Waals surface area contributed by atoms with Gasteiger partial charge in [-0.2, -0.15) is 0 Å². The first-order chi connectivity index (χ1) is 13.7. The first kappa shape index (κ1) is 18.4. The van der Waals surface area contributed by atoms with E-state index in [1.165, 1.54) is 11.8 Å². The van der Waals surface area contributed by atoms with Crippen molar-refractivity contribution >= 4 is 17.6 Å². The van der Waals surface area contributed by atoms with Gasteiger partial charge in [0.1, 0.15) is 11.5 Å². The van der Waals surface area contributed by atoms with E-state index in [1.54, 1.807) is 6.20 Å². The molecule has 1 aromatic heterocycles. The van der Waals surface area contributed by atoms with Gasteiger partial charge in [0, 0.05) is 32.6 Å². The number of benzene rings is 1. The van der Waals surface area contributed by atoms with Gasteiger partial charge in [0.05, 0.1) is 18.4 Å². The molecule has 4 rings (SSSR count). The van der Waals surface area contributed by atoms with Crippen LogP contribution in [0.5, 0.6) is 0 Å². The summed E-state index contributed by atoms with van der Waals surface area (Å²) in [5.41, 5.74) is 1.59. The Morgan fingerprint density at radius 2 is 1.93 bits per heavy atom. The number of nitrogens with one attached hydrogen (secondary N) is 1. The van der Waals surface area contributed by atoms with Crippen LogP contribution in [0.3, 0.4) is 0 Å². The summed E-state index contributed by atoms with van der Waals surface area (Å²) < 4.78 is 0. The van der Waals surface area contributed by atoms with Gasteiger partial charge < -0.3 is 15.1 Å². The lowest BCUT2D eigenvalue weighted by molar-refractivity contribution is -0.127. The molecule has 1 unspecified atom stereocenters. The molecule has 1 atom stereocenters. The Morgan fingerprint density at radius 1 is 1.14 bits per heavy atom. The number of carbonyl (C=O) groups is 2. The van der Waals surface area contributed by atoms with Gasteiger partial charge in [0.15, 0.2) is 0 Å². The van der Waals surface area contributed by atoms with Crippen LogP contribution in [0.1, 0.15) is 35.3 Å². The topological polar surface area (TPSA) is 78.4 Å². The van der Waals surface area contributed by atoms with Gasteiger partial charge >= 0.3 is 0 Å². The molecule has 2 aliphatic rings. The SMILES string of the molecule is O=C1CC(Nc2cncc(C(=O)N3CCCC3)n2)CN1CCc1ccccc1. The molecule has 7 nitrogen and oxygen atoms in total. The second-order valence-electron chi connectivity index (χ2n) is 7.41. The van der Waals surface area contributed by atoms with Gasteiger partial charge in [0.2, 0.25) is 5.91 Å². The fraction of sp³-hybridized carbons (Fsp3) is 0.429. The van der Waals surface area contributed by atoms with Crippen LogP contribution in [0.2, 0.25) is 0 Å². The molecule has 146 valence electrons. The summed E-state index contributed by atoms with van der Waals surface area (Å²) in [5, 5.41) is 3.28. The van der Waals surface area contributed by atoms with Gasteiger partial charge in [-0.15, -0.1) is 0 Å². The smallest absolute Gasteiger partial charge is 0.274 e. The van der Waals surface area contributed by atoms with E-state index in [0.29, 0.717) is 31.0 Å². The van der Waals surface area contributed by atoms with E-state index in [2.05, 4.69) is 27.4 Å². The Morgan fingerprint density at radius 3 is 2.71 bits per heavy atom. The van der Waals surface area contributed by atoms with E-state index in [-0.39, 0.29) is 17.9 Å². The normalized spacial score (nSPS) is 19.3. The standard InChI is InChI=1S/C21H25N5O2/c27-20-12-17(15-26(20)11-8-16-6-2-1-3-7-16)23-19-14-22-13-18(24-19)21(28)25-9-4-5-10-25/h1-3,6-7,13-14,17H,4-5,8-12,15H2,(H,23,24). The molecule has 2 amide bonds. The molecule has 0 spiro atoms. The number of amides is 2. The summed E-state index contributed by atoms with van der Waals surface area (Å²) in [6.45, 7) is 2.91. The number of hydrogen-bond acceptors (Lipinski definition) is 5. The summed E-state index contributed by atoms with van der Waals surface area (Å²) in [7, 11) is 0. The Labute approximate surface area is 164 Å². The highest BCUT2D eigenvalue weighted by Crippen LogP contribution is 2.17. The van der Waals surface area contributed by atoms with Crippen molar-refractivity contribution in [1.82, 2.24) is 19.8 Å². The molecular weight excluding hydrogens is 354 g/mol. The van der Waals surface area contributed by atoms with Crippen molar-refractivity contribution < 1.29 is 9.59 Å². The van der Waals surface area contributed by atoms with Crippen molar-refractivity contribution in [2.24, 2.45) is 0 Å².